The van der Waals surface area contributed by atoms with E-state index < -0.39 is 5.82 Å². The van der Waals surface area contributed by atoms with Crippen LogP contribution >= 0.6 is 11.8 Å². The van der Waals surface area contributed by atoms with Crippen LogP contribution in [0.5, 0.6) is 0 Å². The highest BCUT2D eigenvalue weighted by molar-refractivity contribution is 7.98. The maximum absolute atomic E-state index is 13.4. The summed E-state index contributed by atoms with van der Waals surface area (Å²) in [5, 5.41) is 6.26. The van der Waals surface area contributed by atoms with Crippen molar-refractivity contribution >= 4 is 17.7 Å². The number of rotatable bonds is 7. The summed E-state index contributed by atoms with van der Waals surface area (Å²) in [6, 6.07) is 3.50. The van der Waals surface area contributed by atoms with Crippen molar-refractivity contribution in [2.75, 3.05) is 32.1 Å². The van der Waals surface area contributed by atoms with Gasteiger partial charge in [0.1, 0.15) is 11.6 Å². The van der Waals surface area contributed by atoms with Crippen LogP contribution in [-0.4, -0.2) is 38.1 Å². The lowest BCUT2D eigenvalue weighted by Crippen LogP contribution is -2.38. The highest BCUT2D eigenvalue weighted by Crippen LogP contribution is 2.09. The number of thioether (sulfide) groups is 1. The average Bonchev–Trinajstić information content (AvgIpc) is 2.45. The van der Waals surface area contributed by atoms with Gasteiger partial charge in [-0.25, -0.2) is 8.78 Å². The van der Waals surface area contributed by atoms with Gasteiger partial charge in [-0.15, -0.1) is 0 Å². The van der Waals surface area contributed by atoms with Gasteiger partial charge in [-0.05, 0) is 48.6 Å². The number of halogens is 2. The monoisotopic (exact) mass is 301 g/mol. The molecular weight excluding hydrogens is 280 g/mol. The maximum Gasteiger partial charge on any atom is 0.190 e. The van der Waals surface area contributed by atoms with Gasteiger partial charge in [0.15, 0.2) is 5.96 Å². The Morgan fingerprint density at radius 2 is 2.00 bits per heavy atom. The summed E-state index contributed by atoms with van der Waals surface area (Å²) in [5.41, 5.74) is 0.371. The number of hydrogen-bond donors (Lipinski definition) is 2. The molecule has 0 radical (unpaired) electrons. The van der Waals surface area contributed by atoms with Crippen LogP contribution in [0, 0.1) is 11.6 Å². The van der Waals surface area contributed by atoms with Gasteiger partial charge in [0.2, 0.25) is 0 Å². The lowest BCUT2D eigenvalue weighted by Gasteiger charge is -2.11. The summed E-state index contributed by atoms with van der Waals surface area (Å²) < 4.78 is 26.4. The van der Waals surface area contributed by atoms with Gasteiger partial charge in [0.05, 0.1) is 0 Å². The predicted molar refractivity (Wildman–Crippen MR) is 82.4 cm³/mol. The summed E-state index contributed by atoms with van der Waals surface area (Å²) in [7, 11) is 1.69. The molecule has 2 N–H and O–H groups in total. The number of nitrogens with zero attached hydrogens (tertiary/aromatic N) is 1. The summed E-state index contributed by atoms with van der Waals surface area (Å²) >= 11 is 1.80. The number of aliphatic imine (C=N–C) groups is 1. The molecule has 0 amide bonds. The van der Waals surface area contributed by atoms with E-state index in [1.807, 2.05) is 0 Å². The fourth-order valence-electron chi connectivity index (χ4n) is 1.69. The van der Waals surface area contributed by atoms with Gasteiger partial charge < -0.3 is 10.6 Å². The minimum atomic E-state index is -0.416. The van der Waals surface area contributed by atoms with E-state index in [2.05, 4.69) is 21.9 Å². The molecule has 6 heteroatoms. The Balaban J connectivity index is 2.32. The van der Waals surface area contributed by atoms with E-state index in [9.17, 15) is 8.78 Å². The SMILES string of the molecule is CN=C(NCCCSC)NCCc1cc(F)ccc1F. The molecule has 1 aromatic rings. The fraction of sp³-hybridized carbons (Fsp3) is 0.500. The highest BCUT2D eigenvalue weighted by atomic mass is 32.2. The number of nitrogens with one attached hydrogen (secondary N) is 2. The number of guanidine groups is 1. The number of benzene rings is 1. The third kappa shape index (κ3) is 6.23. The molecule has 0 fully saturated rings. The van der Waals surface area contributed by atoms with E-state index in [0.29, 0.717) is 24.5 Å². The molecule has 0 atom stereocenters. The molecule has 0 bridgehead atoms. The molecule has 1 rings (SSSR count). The lowest BCUT2D eigenvalue weighted by molar-refractivity contribution is 0.583. The highest BCUT2D eigenvalue weighted by Gasteiger charge is 2.04. The standard InChI is InChI=1S/C14H21F2N3S/c1-17-14(18-7-3-9-20-2)19-8-6-11-10-12(15)4-5-13(11)16/h4-5,10H,3,6-9H2,1-2H3,(H2,17,18,19). The molecule has 0 aliphatic carbocycles. The Hall–Kier alpha value is -1.30. The van der Waals surface area contributed by atoms with Crippen LogP contribution < -0.4 is 10.6 Å². The first-order chi connectivity index (χ1) is 9.67. The molecule has 112 valence electrons. The largest absolute Gasteiger partial charge is 0.356 e. The van der Waals surface area contributed by atoms with Crippen molar-refractivity contribution in [3.05, 3.63) is 35.4 Å². The first-order valence-corrected chi connectivity index (χ1v) is 7.94. The molecule has 20 heavy (non-hydrogen) atoms. The summed E-state index contributed by atoms with van der Waals surface area (Å²) in [5.74, 6) is 0.985. The van der Waals surface area contributed by atoms with Crippen LogP contribution in [0.15, 0.2) is 23.2 Å². The van der Waals surface area contributed by atoms with Crippen molar-refractivity contribution in [1.29, 1.82) is 0 Å². The second-order valence-corrected chi connectivity index (χ2v) is 5.24. The fourth-order valence-corrected chi connectivity index (χ4v) is 2.13. The van der Waals surface area contributed by atoms with Crippen molar-refractivity contribution in [3.63, 3.8) is 0 Å². The van der Waals surface area contributed by atoms with Crippen LogP contribution in [0.1, 0.15) is 12.0 Å². The van der Waals surface area contributed by atoms with Crippen LogP contribution in [0.2, 0.25) is 0 Å². The molecule has 0 heterocycles. The average molecular weight is 301 g/mol. The zero-order chi connectivity index (χ0) is 14.8. The Bertz CT molecular complexity index is 438. The molecule has 1 aromatic carbocycles. The van der Waals surface area contributed by atoms with E-state index in [1.54, 1.807) is 18.8 Å². The van der Waals surface area contributed by atoms with Crippen LogP contribution in [-0.2, 0) is 6.42 Å². The maximum atomic E-state index is 13.4. The van der Waals surface area contributed by atoms with Gasteiger partial charge in [-0.1, -0.05) is 0 Å². The van der Waals surface area contributed by atoms with E-state index >= 15 is 0 Å². The van der Waals surface area contributed by atoms with Crippen molar-refractivity contribution in [2.24, 2.45) is 4.99 Å². The molecule has 0 aromatic heterocycles. The molecular formula is C14H21F2N3S. The first kappa shape index (κ1) is 16.8. The zero-order valence-corrected chi connectivity index (χ0v) is 12.7. The van der Waals surface area contributed by atoms with Crippen molar-refractivity contribution in [1.82, 2.24) is 10.6 Å². The van der Waals surface area contributed by atoms with Crippen molar-refractivity contribution in [3.8, 4) is 0 Å². The molecule has 0 saturated heterocycles. The number of hydrogen-bond acceptors (Lipinski definition) is 2. The minimum Gasteiger partial charge on any atom is -0.356 e. The van der Waals surface area contributed by atoms with E-state index in [-0.39, 0.29) is 5.82 Å². The molecule has 0 aliphatic rings. The zero-order valence-electron chi connectivity index (χ0n) is 11.9. The molecule has 0 spiro atoms. The quantitative estimate of drug-likeness (QED) is 0.461. The molecule has 3 nitrogen and oxygen atoms in total. The summed E-state index contributed by atoms with van der Waals surface area (Å²) in [4.78, 5) is 4.08. The normalized spacial score (nSPS) is 11.5. The topological polar surface area (TPSA) is 36.4 Å². The second-order valence-electron chi connectivity index (χ2n) is 4.26. The van der Waals surface area contributed by atoms with E-state index in [0.717, 1.165) is 30.9 Å². The predicted octanol–water partition coefficient (Wildman–Crippen LogP) is 2.43. The summed E-state index contributed by atoms with van der Waals surface area (Å²) in [6.07, 6.45) is 3.54. The molecule has 0 unspecified atom stereocenters. The third-order valence-electron chi connectivity index (χ3n) is 2.74. The Kier molecular flexibility index (Phi) is 8.02. The lowest BCUT2D eigenvalue weighted by atomic mass is 10.1. The van der Waals surface area contributed by atoms with E-state index in [1.165, 1.54) is 6.07 Å². The molecule has 0 aliphatic heterocycles. The van der Waals surface area contributed by atoms with E-state index in [4.69, 9.17) is 0 Å². The van der Waals surface area contributed by atoms with Gasteiger partial charge in [-0.2, -0.15) is 11.8 Å². The second kappa shape index (κ2) is 9.58. The van der Waals surface area contributed by atoms with Crippen molar-refractivity contribution in [2.45, 2.75) is 12.8 Å². The van der Waals surface area contributed by atoms with Gasteiger partial charge >= 0.3 is 0 Å². The van der Waals surface area contributed by atoms with Gasteiger partial charge in [0.25, 0.3) is 0 Å². The van der Waals surface area contributed by atoms with Gasteiger partial charge in [-0.3, -0.25) is 4.99 Å². The Morgan fingerprint density at radius 1 is 1.25 bits per heavy atom. The van der Waals surface area contributed by atoms with Crippen LogP contribution in [0.4, 0.5) is 8.78 Å². The minimum absolute atomic E-state index is 0.371. The Labute approximate surface area is 123 Å². The van der Waals surface area contributed by atoms with Crippen LogP contribution in [0.25, 0.3) is 0 Å². The summed E-state index contributed by atoms with van der Waals surface area (Å²) in [6.45, 7) is 1.34. The third-order valence-corrected chi connectivity index (χ3v) is 3.43. The van der Waals surface area contributed by atoms with Crippen LogP contribution in [0.3, 0.4) is 0 Å². The Morgan fingerprint density at radius 3 is 2.70 bits per heavy atom. The van der Waals surface area contributed by atoms with Gasteiger partial charge in [0, 0.05) is 20.1 Å². The molecule has 0 saturated carbocycles. The van der Waals surface area contributed by atoms with Crippen molar-refractivity contribution < 1.29 is 8.78 Å². The first-order valence-electron chi connectivity index (χ1n) is 6.54. The smallest absolute Gasteiger partial charge is 0.190 e.